The maximum atomic E-state index is 11.8. The van der Waals surface area contributed by atoms with Gasteiger partial charge in [0.15, 0.2) is 0 Å². The van der Waals surface area contributed by atoms with E-state index < -0.39 is 0 Å². The molecule has 1 amide bonds. The van der Waals surface area contributed by atoms with E-state index in [9.17, 15) is 4.79 Å². The number of likely N-dealkylation sites (tertiary alicyclic amines) is 1. The Balaban J connectivity index is 2.14. The Kier molecular flexibility index (Phi) is 2.35. The molecule has 0 aromatic heterocycles. The zero-order valence-corrected chi connectivity index (χ0v) is 8.70. The van der Waals surface area contributed by atoms with Crippen molar-refractivity contribution in [3.63, 3.8) is 0 Å². The number of allylic oxidation sites excluding steroid dienone is 1. The summed E-state index contributed by atoms with van der Waals surface area (Å²) in [5.41, 5.74) is 5.75. The molecule has 14 heavy (non-hydrogen) atoms. The van der Waals surface area contributed by atoms with Gasteiger partial charge < -0.3 is 10.6 Å². The third kappa shape index (κ3) is 1.46. The predicted octanol–water partition coefficient (Wildman–Crippen LogP) is 1.04. The summed E-state index contributed by atoms with van der Waals surface area (Å²) in [6.07, 6.45) is 8.32. The number of carbonyl (C=O) groups is 1. The first-order chi connectivity index (χ1) is 6.63. The van der Waals surface area contributed by atoms with Crippen molar-refractivity contribution < 1.29 is 4.79 Å². The van der Waals surface area contributed by atoms with Crippen molar-refractivity contribution in [2.24, 2.45) is 5.73 Å². The van der Waals surface area contributed by atoms with Crippen LogP contribution in [-0.2, 0) is 4.79 Å². The normalized spacial score (nSPS) is 38.0. The largest absolute Gasteiger partial charge is 0.336 e. The van der Waals surface area contributed by atoms with Crippen LogP contribution < -0.4 is 5.73 Å². The van der Waals surface area contributed by atoms with E-state index in [-0.39, 0.29) is 17.5 Å². The minimum atomic E-state index is -0.252. The predicted molar refractivity (Wildman–Crippen MR) is 55.7 cm³/mol. The summed E-state index contributed by atoms with van der Waals surface area (Å²) in [5, 5.41) is 0. The quantitative estimate of drug-likeness (QED) is 0.634. The first-order valence-electron chi connectivity index (χ1n) is 5.35. The minimum Gasteiger partial charge on any atom is -0.336 e. The molecule has 78 valence electrons. The van der Waals surface area contributed by atoms with Crippen LogP contribution in [0.1, 0.15) is 32.6 Å². The van der Waals surface area contributed by atoms with Crippen LogP contribution in [0.4, 0.5) is 0 Å². The minimum absolute atomic E-state index is 0.0277. The number of carbonyl (C=O) groups excluding carboxylic acids is 1. The molecule has 0 bridgehead atoms. The Hall–Kier alpha value is -0.830. The number of nitrogens with two attached hydrogens (primary N) is 1. The molecule has 2 atom stereocenters. The molecule has 0 saturated carbocycles. The fraction of sp³-hybridized carbons (Fsp3) is 0.727. The number of hydrogen-bond donors (Lipinski definition) is 1. The first kappa shape index (κ1) is 9.71. The number of rotatable bonds is 1. The molecule has 1 aliphatic carbocycles. The second-order valence-electron chi connectivity index (χ2n) is 4.60. The molecule has 2 rings (SSSR count). The summed E-state index contributed by atoms with van der Waals surface area (Å²) >= 11 is 0. The highest BCUT2D eigenvalue weighted by Crippen LogP contribution is 2.32. The van der Waals surface area contributed by atoms with Crippen molar-refractivity contribution in [1.82, 2.24) is 4.90 Å². The average Bonchev–Trinajstić information content (AvgIpc) is 2.49. The lowest BCUT2D eigenvalue weighted by molar-refractivity contribution is -0.134. The van der Waals surface area contributed by atoms with Crippen LogP contribution in [0.3, 0.4) is 0 Å². The highest BCUT2D eigenvalue weighted by atomic mass is 16.2. The summed E-state index contributed by atoms with van der Waals surface area (Å²) in [5.74, 6) is 0.141. The van der Waals surface area contributed by atoms with Crippen molar-refractivity contribution in [3.05, 3.63) is 12.2 Å². The SMILES string of the molecule is CC1(N2CCC(N)C2=O)CC=CCC1. The molecule has 1 heterocycles. The summed E-state index contributed by atoms with van der Waals surface area (Å²) in [6, 6.07) is -0.252. The van der Waals surface area contributed by atoms with Gasteiger partial charge in [-0.3, -0.25) is 4.79 Å². The molecular formula is C11H18N2O. The van der Waals surface area contributed by atoms with Gasteiger partial charge in [0.2, 0.25) is 5.91 Å². The Bertz CT molecular complexity index is 274. The number of hydrogen-bond acceptors (Lipinski definition) is 2. The molecule has 0 radical (unpaired) electrons. The monoisotopic (exact) mass is 194 g/mol. The maximum Gasteiger partial charge on any atom is 0.240 e. The van der Waals surface area contributed by atoms with Crippen LogP contribution in [0.5, 0.6) is 0 Å². The first-order valence-corrected chi connectivity index (χ1v) is 5.35. The lowest BCUT2D eigenvalue weighted by atomic mass is 9.86. The third-order valence-corrected chi connectivity index (χ3v) is 3.47. The molecule has 1 fully saturated rings. The van der Waals surface area contributed by atoms with E-state index in [2.05, 4.69) is 19.1 Å². The van der Waals surface area contributed by atoms with Crippen molar-refractivity contribution >= 4 is 5.91 Å². The van der Waals surface area contributed by atoms with Crippen molar-refractivity contribution in [2.75, 3.05) is 6.54 Å². The van der Waals surface area contributed by atoms with Gasteiger partial charge in [-0.15, -0.1) is 0 Å². The van der Waals surface area contributed by atoms with Gasteiger partial charge in [-0.2, -0.15) is 0 Å². The van der Waals surface area contributed by atoms with E-state index in [1.807, 2.05) is 4.90 Å². The summed E-state index contributed by atoms with van der Waals surface area (Å²) < 4.78 is 0. The Labute approximate surface area is 84.9 Å². The van der Waals surface area contributed by atoms with Crippen molar-refractivity contribution in [1.29, 1.82) is 0 Å². The zero-order chi connectivity index (χ0) is 10.2. The zero-order valence-electron chi connectivity index (χ0n) is 8.70. The molecular weight excluding hydrogens is 176 g/mol. The Morgan fingerprint density at radius 3 is 2.86 bits per heavy atom. The van der Waals surface area contributed by atoms with Gasteiger partial charge in [0.25, 0.3) is 0 Å². The molecule has 2 unspecified atom stereocenters. The Morgan fingerprint density at radius 2 is 2.36 bits per heavy atom. The van der Waals surface area contributed by atoms with Gasteiger partial charge in [0.1, 0.15) is 0 Å². The molecule has 0 aromatic carbocycles. The molecule has 1 aliphatic heterocycles. The smallest absolute Gasteiger partial charge is 0.240 e. The molecule has 1 saturated heterocycles. The fourth-order valence-electron chi connectivity index (χ4n) is 2.43. The third-order valence-electron chi connectivity index (χ3n) is 3.47. The van der Waals surface area contributed by atoms with Gasteiger partial charge in [-0.1, -0.05) is 12.2 Å². The Morgan fingerprint density at radius 1 is 1.57 bits per heavy atom. The van der Waals surface area contributed by atoms with Crippen molar-refractivity contribution in [2.45, 2.75) is 44.2 Å². The summed E-state index contributed by atoms with van der Waals surface area (Å²) in [7, 11) is 0. The molecule has 2 N–H and O–H groups in total. The van der Waals surface area contributed by atoms with Crippen LogP contribution in [-0.4, -0.2) is 28.9 Å². The number of nitrogens with zero attached hydrogens (tertiary/aromatic N) is 1. The lowest BCUT2D eigenvalue weighted by Crippen LogP contribution is -2.49. The van der Waals surface area contributed by atoms with Crippen LogP contribution in [0, 0.1) is 0 Å². The van der Waals surface area contributed by atoms with Crippen LogP contribution in [0.15, 0.2) is 12.2 Å². The van der Waals surface area contributed by atoms with E-state index in [4.69, 9.17) is 5.73 Å². The standard InChI is InChI=1S/C11H18N2O/c1-11(6-3-2-4-7-11)13-8-5-9(12)10(13)14/h2-3,9H,4-8,12H2,1H3. The molecule has 0 spiro atoms. The molecule has 2 aliphatic rings. The summed E-state index contributed by atoms with van der Waals surface area (Å²) in [6.45, 7) is 3.01. The second kappa shape index (κ2) is 3.39. The van der Waals surface area contributed by atoms with Gasteiger partial charge in [-0.05, 0) is 32.6 Å². The highest BCUT2D eigenvalue weighted by molar-refractivity contribution is 5.84. The fourth-order valence-corrected chi connectivity index (χ4v) is 2.43. The number of amides is 1. The highest BCUT2D eigenvalue weighted by Gasteiger charge is 2.40. The average molecular weight is 194 g/mol. The van der Waals surface area contributed by atoms with Crippen LogP contribution >= 0.6 is 0 Å². The molecule has 3 heteroatoms. The van der Waals surface area contributed by atoms with E-state index in [0.29, 0.717) is 0 Å². The van der Waals surface area contributed by atoms with E-state index in [1.165, 1.54) is 0 Å². The van der Waals surface area contributed by atoms with Gasteiger partial charge in [0, 0.05) is 12.1 Å². The molecule has 3 nitrogen and oxygen atoms in total. The van der Waals surface area contributed by atoms with Crippen molar-refractivity contribution in [3.8, 4) is 0 Å². The van der Waals surface area contributed by atoms with Gasteiger partial charge in [-0.25, -0.2) is 0 Å². The van der Waals surface area contributed by atoms with E-state index >= 15 is 0 Å². The second-order valence-corrected chi connectivity index (χ2v) is 4.60. The van der Waals surface area contributed by atoms with Crippen LogP contribution in [0.2, 0.25) is 0 Å². The summed E-state index contributed by atoms with van der Waals surface area (Å²) in [4.78, 5) is 13.8. The maximum absolute atomic E-state index is 11.8. The van der Waals surface area contributed by atoms with Crippen LogP contribution in [0.25, 0.3) is 0 Å². The molecule has 0 aromatic rings. The lowest BCUT2D eigenvalue weighted by Gasteiger charge is -2.40. The van der Waals surface area contributed by atoms with Gasteiger partial charge >= 0.3 is 0 Å². The van der Waals surface area contributed by atoms with E-state index in [0.717, 1.165) is 32.2 Å². The van der Waals surface area contributed by atoms with E-state index in [1.54, 1.807) is 0 Å². The van der Waals surface area contributed by atoms with Gasteiger partial charge in [0.05, 0.1) is 6.04 Å². The topological polar surface area (TPSA) is 46.3 Å².